The summed E-state index contributed by atoms with van der Waals surface area (Å²) in [5, 5.41) is 7.32. The van der Waals surface area contributed by atoms with Crippen LogP contribution in [0.25, 0.3) is 11.5 Å². The summed E-state index contributed by atoms with van der Waals surface area (Å²) in [7, 11) is 0. The van der Waals surface area contributed by atoms with Crippen LogP contribution in [0.2, 0.25) is 0 Å². The number of nitrogens with zero attached hydrogens (tertiary/aromatic N) is 2. The summed E-state index contributed by atoms with van der Waals surface area (Å²) in [5.41, 5.74) is 1.33. The standard InChI is InChI=1S/C14H16FN3O/c1-9-5-6-11(15)10(8-9)14-17-13(18-19-14)12-4-2-3-7-16-12/h5-6,8,12,16H,2-4,7H2,1H3. The van der Waals surface area contributed by atoms with Crippen LogP contribution in [0, 0.1) is 12.7 Å². The lowest BCUT2D eigenvalue weighted by Crippen LogP contribution is -2.27. The van der Waals surface area contributed by atoms with Gasteiger partial charge in [-0.2, -0.15) is 4.98 Å². The van der Waals surface area contributed by atoms with E-state index >= 15 is 0 Å². The molecule has 1 fully saturated rings. The van der Waals surface area contributed by atoms with Crippen LogP contribution in [0.4, 0.5) is 4.39 Å². The SMILES string of the molecule is Cc1ccc(F)c(-c2nc(C3CCCCN3)no2)c1. The average molecular weight is 261 g/mol. The smallest absolute Gasteiger partial charge is 0.260 e. The lowest BCUT2D eigenvalue weighted by atomic mass is 10.0. The van der Waals surface area contributed by atoms with Gasteiger partial charge in [-0.3, -0.25) is 0 Å². The molecule has 1 unspecified atom stereocenters. The van der Waals surface area contributed by atoms with Crippen LogP contribution in [0.5, 0.6) is 0 Å². The number of hydrogen-bond acceptors (Lipinski definition) is 4. The second-order valence-corrected chi connectivity index (χ2v) is 4.94. The van der Waals surface area contributed by atoms with E-state index in [1.807, 2.05) is 6.92 Å². The molecule has 1 aromatic heterocycles. The van der Waals surface area contributed by atoms with Gasteiger partial charge in [-0.15, -0.1) is 0 Å². The van der Waals surface area contributed by atoms with Gasteiger partial charge in [0.2, 0.25) is 0 Å². The monoisotopic (exact) mass is 261 g/mol. The van der Waals surface area contributed by atoms with Crippen molar-refractivity contribution in [1.29, 1.82) is 0 Å². The van der Waals surface area contributed by atoms with Crippen molar-refractivity contribution < 1.29 is 8.91 Å². The molecule has 0 amide bonds. The largest absolute Gasteiger partial charge is 0.334 e. The highest BCUT2D eigenvalue weighted by molar-refractivity contribution is 5.55. The van der Waals surface area contributed by atoms with Crippen LogP contribution in [0.1, 0.15) is 36.7 Å². The Morgan fingerprint density at radius 3 is 3.05 bits per heavy atom. The number of rotatable bonds is 2. The molecule has 1 atom stereocenters. The number of halogens is 1. The highest BCUT2D eigenvalue weighted by Crippen LogP contribution is 2.26. The second kappa shape index (κ2) is 5.09. The van der Waals surface area contributed by atoms with E-state index in [9.17, 15) is 4.39 Å². The summed E-state index contributed by atoms with van der Waals surface area (Å²) in [6.45, 7) is 2.87. The summed E-state index contributed by atoms with van der Waals surface area (Å²) >= 11 is 0. The first-order chi connectivity index (χ1) is 9.24. The number of aromatic nitrogens is 2. The summed E-state index contributed by atoms with van der Waals surface area (Å²) in [6.07, 6.45) is 3.32. The predicted molar refractivity (Wildman–Crippen MR) is 69.0 cm³/mol. The number of aryl methyl sites for hydroxylation is 1. The van der Waals surface area contributed by atoms with Crippen molar-refractivity contribution in [3.05, 3.63) is 35.4 Å². The molecule has 100 valence electrons. The number of benzene rings is 1. The Hall–Kier alpha value is -1.75. The fraction of sp³-hybridized carbons (Fsp3) is 0.429. The molecule has 2 aromatic rings. The Balaban J connectivity index is 1.89. The van der Waals surface area contributed by atoms with E-state index in [4.69, 9.17) is 4.52 Å². The Kier molecular flexibility index (Phi) is 3.29. The number of piperidine rings is 1. The summed E-state index contributed by atoms with van der Waals surface area (Å²) < 4.78 is 19.0. The van der Waals surface area contributed by atoms with E-state index in [0.29, 0.717) is 11.4 Å². The van der Waals surface area contributed by atoms with E-state index in [2.05, 4.69) is 15.5 Å². The predicted octanol–water partition coefficient (Wildman–Crippen LogP) is 3.00. The number of hydrogen-bond donors (Lipinski definition) is 1. The molecule has 0 bridgehead atoms. The summed E-state index contributed by atoms with van der Waals surface area (Å²) in [4.78, 5) is 4.33. The Bertz CT molecular complexity index is 576. The molecule has 0 spiro atoms. The van der Waals surface area contributed by atoms with E-state index in [0.717, 1.165) is 24.9 Å². The normalized spacial score (nSPS) is 19.6. The van der Waals surface area contributed by atoms with Crippen molar-refractivity contribution in [3.63, 3.8) is 0 Å². The lowest BCUT2D eigenvalue weighted by Gasteiger charge is -2.19. The fourth-order valence-corrected chi connectivity index (χ4v) is 2.36. The molecular weight excluding hydrogens is 245 g/mol. The highest BCUT2D eigenvalue weighted by atomic mass is 19.1. The fourth-order valence-electron chi connectivity index (χ4n) is 2.36. The zero-order valence-corrected chi connectivity index (χ0v) is 10.8. The third-order valence-corrected chi connectivity index (χ3v) is 3.42. The molecule has 1 aromatic carbocycles. The van der Waals surface area contributed by atoms with E-state index < -0.39 is 0 Å². The molecular formula is C14H16FN3O. The summed E-state index contributed by atoms with van der Waals surface area (Å²) in [5.74, 6) is 0.539. The van der Waals surface area contributed by atoms with Gasteiger partial charge in [0.15, 0.2) is 5.82 Å². The maximum Gasteiger partial charge on any atom is 0.260 e. The van der Waals surface area contributed by atoms with Crippen LogP contribution in [0.3, 0.4) is 0 Å². The molecule has 1 N–H and O–H groups in total. The maximum atomic E-state index is 13.8. The van der Waals surface area contributed by atoms with Crippen molar-refractivity contribution in [2.24, 2.45) is 0 Å². The molecule has 4 nitrogen and oxygen atoms in total. The third-order valence-electron chi connectivity index (χ3n) is 3.42. The van der Waals surface area contributed by atoms with Gasteiger partial charge in [-0.25, -0.2) is 4.39 Å². The van der Waals surface area contributed by atoms with Crippen molar-refractivity contribution in [3.8, 4) is 11.5 Å². The Morgan fingerprint density at radius 1 is 1.37 bits per heavy atom. The second-order valence-electron chi connectivity index (χ2n) is 4.94. The third kappa shape index (κ3) is 2.51. The zero-order chi connectivity index (χ0) is 13.2. The van der Waals surface area contributed by atoms with Gasteiger partial charge in [0, 0.05) is 0 Å². The van der Waals surface area contributed by atoms with Crippen LogP contribution in [-0.4, -0.2) is 16.7 Å². The van der Waals surface area contributed by atoms with Gasteiger partial charge < -0.3 is 9.84 Å². The van der Waals surface area contributed by atoms with Gasteiger partial charge in [0.05, 0.1) is 11.6 Å². The van der Waals surface area contributed by atoms with Gasteiger partial charge in [-0.05, 0) is 38.4 Å². The molecule has 1 aliphatic heterocycles. The molecule has 0 radical (unpaired) electrons. The zero-order valence-electron chi connectivity index (χ0n) is 10.8. The minimum atomic E-state index is -0.336. The van der Waals surface area contributed by atoms with Crippen LogP contribution in [-0.2, 0) is 0 Å². The minimum Gasteiger partial charge on any atom is -0.334 e. The van der Waals surface area contributed by atoms with Gasteiger partial charge in [-0.1, -0.05) is 23.2 Å². The molecule has 1 saturated heterocycles. The highest BCUT2D eigenvalue weighted by Gasteiger charge is 2.21. The molecule has 0 aliphatic carbocycles. The Labute approximate surface area is 111 Å². The first-order valence-electron chi connectivity index (χ1n) is 6.57. The first-order valence-corrected chi connectivity index (χ1v) is 6.57. The van der Waals surface area contributed by atoms with Crippen LogP contribution in [0.15, 0.2) is 22.7 Å². The van der Waals surface area contributed by atoms with Gasteiger partial charge >= 0.3 is 0 Å². The molecule has 1 aliphatic rings. The molecule has 5 heteroatoms. The van der Waals surface area contributed by atoms with E-state index in [1.165, 1.54) is 12.5 Å². The topological polar surface area (TPSA) is 51.0 Å². The van der Waals surface area contributed by atoms with Gasteiger partial charge in [0.1, 0.15) is 5.82 Å². The van der Waals surface area contributed by atoms with Crippen molar-refractivity contribution in [1.82, 2.24) is 15.5 Å². The van der Waals surface area contributed by atoms with Crippen molar-refractivity contribution >= 4 is 0 Å². The van der Waals surface area contributed by atoms with Crippen molar-refractivity contribution in [2.45, 2.75) is 32.2 Å². The number of nitrogens with one attached hydrogen (secondary N) is 1. The van der Waals surface area contributed by atoms with Gasteiger partial charge in [0.25, 0.3) is 5.89 Å². The van der Waals surface area contributed by atoms with Crippen LogP contribution >= 0.6 is 0 Å². The quantitative estimate of drug-likeness (QED) is 0.902. The average Bonchev–Trinajstić information content (AvgIpc) is 2.92. The molecule has 3 rings (SSSR count). The first kappa shape index (κ1) is 12.3. The maximum absolute atomic E-state index is 13.8. The lowest BCUT2D eigenvalue weighted by molar-refractivity contribution is 0.366. The molecule has 2 heterocycles. The Morgan fingerprint density at radius 2 is 2.26 bits per heavy atom. The van der Waals surface area contributed by atoms with E-state index in [-0.39, 0.29) is 17.7 Å². The summed E-state index contributed by atoms with van der Waals surface area (Å²) in [6, 6.07) is 4.99. The van der Waals surface area contributed by atoms with Crippen molar-refractivity contribution in [2.75, 3.05) is 6.54 Å². The van der Waals surface area contributed by atoms with Crippen LogP contribution < -0.4 is 5.32 Å². The molecule has 0 saturated carbocycles. The minimum absolute atomic E-state index is 0.124. The molecule has 19 heavy (non-hydrogen) atoms. The van der Waals surface area contributed by atoms with E-state index in [1.54, 1.807) is 12.1 Å².